The Balaban J connectivity index is 1.62. The minimum absolute atomic E-state index is 0.0325. The number of aliphatic hydroxyl groups excluding tert-OH is 1. The van der Waals surface area contributed by atoms with Crippen LogP contribution in [0.2, 0.25) is 0 Å². The molecule has 128 valence electrons. The minimum atomic E-state index is -0.322. The average Bonchev–Trinajstić information content (AvgIpc) is 3.23. The highest BCUT2D eigenvalue weighted by Crippen LogP contribution is 2.25. The van der Waals surface area contributed by atoms with E-state index in [1.807, 2.05) is 30.5 Å². The van der Waals surface area contributed by atoms with Crippen LogP contribution in [-0.4, -0.2) is 53.5 Å². The fourth-order valence-electron chi connectivity index (χ4n) is 3.48. The molecular weight excluding hydrogens is 306 g/mol. The van der Waals surface area contributed by atoms with Crippen LogP contribution in [-0.2, 0) is 16.0 Å². The number of amides is 2. The van der Waals surface area contributed by atoms with Gasteiger partial charge < -0.3 is 20.3 Å². The number of H-pyrrole nitrogens is 1. The Kier molecular flexibility index (Phi) is 4.85. The molecule has 2 atom stereocenters. The third kappa shape index (κ3) is 3.14. The number of carbonyl (C=O) groups is 2. The zero-order valence-corrected chi connectivity index (χ0v) is 13.8. The van der Waals surface area contributed by atoms with Crippen molar-refractivity contribution >= 4 is 22.7 Å². The summed E-state index contributed by atoms with van der Waals surface area (Å²) < 4.78 is 0. The summed E-state index contributed by atoms with van der Waals surface area (Å²) in [6, 6.07) is 8.03. The maximum absolute atomic E-state index is 12.5. The first-order valence-corrected chi connectivity index (χ1v) is 8.29. The summed E-state index contributed by atoms with van der Waals surface area (Å²) in [5, 5.41) is 13.2. The van der Waals surface area contributed by atoms with Crippen LogP contribution in [0.3, 0.4) is 0 Å². The van der Waals surface area contributed by atoms with E-state index in [4.69, 9.17) is 0 Å². The Morgan fingerprint density at radius 1 is 1.33 bits per heavy atom. The second kappa shape index (κ2) is 7.05. The molecule has 24 heavy (non-hydrogen) atoms. The van der Waals surface area contributed by atoms with E-state index in [1.54, 1.807) is 11.9 Å². The second-order valence-electron chi connectivity index (χ2n) is 6.32. The van der Waals surface area contributed by atoms with Gasteiger partial charge in [-0.25, -0.2) is 0 Å². The van der Waals surface area contributed by atoms with Crippen molar-refractivity contribution in [1.29, 1.82) is 0 Å². The number of aliphatic hydroxyl groups is 1. The topological polar surface area (TPSA) is 85.4 Å². The van der Waals surface area contributed by atoms with Gasteiger partial charge in [0.15, 0.2) is 0 Å². The molecule has 3 rings (SSSR count). The fourth-order valence-corrected chi connectivity index (χ4v) is 3.48. The van der Waals surface area contributed by atoms with Crippen LogP contribution in [0.1, 0.15) is 12.0 Å². The summed E-state index contributed by atoms with van der Waals surface area (Å²) in [7, 11) is 1.58. The van der Waals surface area contributed by atoms with E-state index in [9.17, 15) is 14.7 Å². The van der Waals surface area contributed by atoms with Crippen molar-refractivity contribution in [2.24, 2.45) is 11.8 Å². The van der Waals surface area contributed by atoms with Crippen molar-refractivity contribution in [3.8, 4) is 0 Å². The zero-order chi connectivity index (χ0) is 17.1. The molecule has 6 nitrogen and oxygen atoms in total. The third-order valence-corrected chi connectivity index (χ3v) is 4.89. The Bertz CT molecular complexity index is 740. The van der Waals surface area contributed by atoms with Gasteiger partial charge in [-0.2, -0.15) is 0 Å². The van der Waals surface area contributed by atoms with Crippen molar-refractivity contribution in [2.75, 3.05) is 26.7 Å². The zero-order valence-electron chi connectivity index (χ0n) is 13.8. The molecule has 0 spiro atoms. The predicted octanol–water partition coefficient (Wildman–Crippen LogP) is 0.913. The molecule has 1 aromatic heterocycles. The van der Waals surface area contributed by atoms with Gasteiger partial charge in [-0.15, -0.1) is 0 Å². The highest BCUT2D eigenvalue weighted by atomic mass is 16.3. The van der Waals surface area contributed by atoms with Crippen molar-refractivity contribution < 1.29 is 14.7 Å². The van der Waals surface area contributed by atoms with Crippen molar-refractivity contribution in [3.05, 3.63) is 36.0 Å². The number of nitrogens with zero attached hydrogens (tertiary/aromatic N) is 1. The maximum atomic E-state index is 12.5. The number of benzene rings is 1. The van der Waals surface area contributed by atoms with Crippen molar-refractivity contribution in [2.45, 2.75) is 12.8 Å². The van der Waals surface area contributed by atoms with E-state index in [0.717, 1.165) is 16.5 Å². The van der Waals surface area contributed by atoms with Gasteiger partial charge in [-0.3, -0.25) is 9.59 Å². The number of para-hydroxylation sites is 1. The fraction of sp³-hybridized carbons (Fsp3) is 0.444. The van der Waals surface area contributed by atoms with Gasteiger partial charge >= 0.3 is 0 Å². The molecule has 0 unspecified atom stereocenters. The minimum Gasteiger partial charge on any atom is -0.396 e. The molecule has 1 aliphatic heterocycles. The van der Waals surface area contributed by atoms with E-state index in [1.165, 1.54) is 0 Å². The number of aryl methyl sites for hydroxylation is 1. The van der Waals surface area contributed by atoms with Crippen molar-refractivity contribution in [3.63, 3.8) is 0 Å². The number of carbonyl (C=O) groups excluding carboxylic acids is 2. The lowest BCUT2D eigenvalue weighted by Gasteiger charge is -2.16. The standard InChI is InChI=1S/C18H23N3O3/c1-19-18(24)15-10-21(9-13(15)11-22)17(23)7-6-12-8-20-16-5-3-2-4-14(12)16/h2-5,8,13,15,20,22H,6-7,9-11H2,1H3,(H,19,24)/t13-,15+/m0/s1. The summed E-state index contributed by atoms with van der Waals surface area (Å²) in [6.07, 6.45) is 3.01. The number of aromatic amines is 1. The highest BCUT2D eigenvalue weighted by Gasteiger charge is 2.38. The van der Waals surface area contributed by atoms with Crippen molar-refractivity contribution in [1.82, 2.24) is 15.2 Å². The Labute approximate surface area is 140 Å². The van der Waals surface area contributed by atoms with E-state index in [0.29, 0.717) is 25.9 Å². The number of nitrogens with one attached hydrogen (secondary N) is 2. The SMILES string of the molecule is CNC(=O)[C@@H]1CN(C(=O)CCc2c[nH]c3ccccc23)C[C@H]1CO. The maximum Gasteiger partial charge on any atom is 0.225 e. The molecule has 2 aromatic rings. The third-order valence-electron chi connectivity index (χ3n) is 4.89. The van der Waals surface area contributed by atoms with Crippen LogP contribution in [0, 0.1) is 11.8 Å². The predicted molar refractivity (Wildman–Crippen MR) is 91.3 cm³/mol. The molecule has 1 saturated heterocycles. The van der Waals surface area contributed by atoms with Crippen LogP contribution >= 0.6 is 0 Å². The molecule has 1 aromatic carbocycles. The van der Waals surface area contributed by atoms with Crippen LogP contribution in [0.25, 0.3) is 10.9 Å². The van der Waals surface area contributed by atoms with Gasteiger partial charge in [-0.05, 0) is 18.1 Å². The molecule has 0 saturated carbocycles. The molecule has 3 N–H and O–H groups in total. The molecule has 6 heteroatoms. The molecule has 2 amide bonds. The molecule has 0 bridgehead atoms. The van der Waals surface area contributed by atoms with Crippen LogP contribution in [0.5, 0.6) is 0 Å². The monoisotopic (exact) mass is 329 g/mol. The molecule has 1 aliphatic rings. The number of likely N-dealkylation sites (tertiary alicyclic amines) is 1. The van der Waals surface area contributed by atoms with Gasteiger partial charge in [0.05, 0.1) is 5.92 Å². The molecule has 0 radical (unpaired) electrons. The van der Waals surface area contributed by atoms with Gasteiger partial charge in [-0.1, -0.05) is 18.2 Å². The average molecular weight is 329 g/mol. The lowest BCUT2D eigenvalue weighted by molar-refractivity contribution is -0.130. The highest BCUT2D eigenvalue weighted by molar-refractivity contribution is 5.85. The number of fused-ring (bicyclic) bond motifs is 1. The largest absolute Gasteiger partial charge is 0.396 e. The first-order chi connectivity index (χ1) is 11.6. The van der Waals surface area contributed by atoms with E-state index in [2.05, 4.69) is 10.3 Å². The molecule has 2 heterocycles. The van der Waals surface area contributed by atoms with Crippen LogP contribution in [0.15, 0.2) is 30.5 Å². The Morgan fingerprint density at radius 2 is 2.12 bits per heavy atom. The lowest BCUT2D eigenvalue weighted by Crippen LogP contribution is -2.34. The van der Waals surface area contributed by atoms with Crippen LogP contribution < -0.4 is 5.32 Å². The van der Waals surface area contributed by atoms with Gasteiger partial charge in [0.2, 0.25) is 11.8 Å². The molecule has 0 aliphatic carbocycles. The molecular formula is C18H23N3O3. The second-order valence-corrected chi connectivity index (χ2v) is 6.32. The smallest absolute Gasteiger partial charge is 0.225 e. The van der Waals surface area contributed by atoms with Gasteiger partial charge in [0.1, 0.15) is 0 Å². The van der Waals surface area contributed by atoms with E-state index in [-0.39, 0.29) is 30.3 Å². The number of aromatic nitrogens is 1. The molecule has 1 fully saturated rings. The number of hydrogen-bond donors (Lipinski definition) is 3. The summed E-state index contributed by atoms with van der Waals surface area (Å²) in [4.78, 5) is 29.3. The van der Waals surface area contributed by atoms with E-state index < -0.39 is 0 Å². The van der Waals surface area contributed by atoms with Gasteiger partial charge in [0, 0.05) is 56.2 Å². The summed E-state index contributed by atoms with van der Waals surface area (Å²) in [5.74, 6) is -0.579. The summed E-state index contributed by atoms with van der Waals surface area (Å²) in [5.41, 5.74) is 2.20. The summed E-state index contributed by atoms with van der Waals surface area (Å²) in [6.45, 7) is 0.753. The first kappa shape index (κ1) is 16.5. The Morgan fingerprint density at radius 3 is 2.88 bits per heavy atom. The van der Waals surface area contributed by atoms with E-state index >= 15 is 0 Å². The first-order valence-electron chi connectivity index (χ1n) is 8.29. The lowest BCUT2D eigenvalue weighted by atomic mass is 9.96. The number of hydrogen-bond acceptors (Lipinski definition) is 3. The number of rotatable bonds is 5. The Hall–Kier alpha value is -2.34. The summed E-state index contributed by atoms with van der Waals surface area (Å²) >= 11 is 0. The van der Waals surface area contributed by atoms with Crippen LogP contribution in [0.4, 0.5) is 0 Å². The quantitative estimate of drug-likeness (QED) is 0.762. The van der Waals surface area contributed by atoms with Gasteiger partial charge in [0.25, 0.3) is 0 Å². The normalized spacial score (nSPS) is 20.5.